The molecule has 0 saturated heterocycles. The van der Waals surface area contributed by atoms with Crippen LogP contribution in [0, 0.1) is 5.41 Å². The van der Waals surface area contributed by atoms with E-state index in [-0.39, 0.29) is 18.5 Å². The predicted molar refractivity (Wildman–Crippen MR) is 231 cm³/mol. The second-order valence-electron chi connectivity index (χ2n) is 17.1. The van der Waals surface area contributed by atoms with Crippen molar-refractivity contribution in [1.29, 1.82) is 0 Å². The molecule has 0 fully saturated rings. The smallest absolute Gasteiger partial charge is 0.312 e. The van der Waals surface area contributed by atoms with E-state index in [9.17, 15) is 24.3 Å². The van der Waals surface area contributed by atoms with Crippen molar-refractivity contribution in [2.45, 2.75) is 277 Å². The molecule has 56 heavy (non-hydrogen) atoms. The largest absolute Gasteiger partial charge is 0.481 e. The van der Waals surface area contributed by atoms with Gasteiger partial charge in [0.15, 0.2) is 0 Å². The van der Waals surface area contributed by atoms with Gasteiger partial charge in [0.05, 0.1) is 5.41 Å². The van der Waals surface area contributed by atoms with Crippen molar-refractivity contribution < 1.29 is 39.2 Å². The summed E-state index contributed by atoms with van der Waals surface area (Å²) in [5, 5.41) is 26.9. The van der Waals surface area contributed by atoms with Crippen molar-refractivity contribution in [2.24, 2.45) is 5.41 Å². The lowest BCUT2D eigenvalue weighted by atomic mass is 9.74. The Kier molecular flexibility index (Phi) is 38.2. The lowest BCUT2D eigenvalue weighted by Crippen LogP contribution is -2.36. The molecule has 0 amide bonds. The normalized spacial score (nSPS) is 13.0. The number of esters is 1. The topological polar surface area (TPSA) is 138 Å². The van der Waals surface area contributed by atoms with Gasteiger partial charge >= 0.3 is 23.9 Å². The van der Waals surface area contributed by atoms with Gasteiger partial charge in [0.2, 0.25) is 0 Å². The van der Waals surface area contributed by atoms with Crippen molar-refractivity contribution in [3.8, 4) is 0 Å². The molecule has 0 rings (SSSR count). The zero-order valence-corrected chi connectivity index (χ0v) is 36.7. The molecule has 8 nitrogen and oxygen atoms in total. The molecular formula is C48H90O8. The van der Waals surface area contributed by atoms with E-state index in [1.54, 1.807) is 0 Å². The summed E-state index contributed by atoms with van der Waals surface area (Å²) < 4.78 is 6.31. The van der Waals surface area contributed by atoms with E-state index in [0.717, 1.165) is 109 Å². The summed E-state index contributed by atoms with van der Waals surface area (Å²) in [4.78, 5) is 46.9. The molecule has 0 aromatic rings. The minimum atomic E-state index is -0.793. The Balaban J connectivity index is 4.73. The van der Waals surface area contributed by atoms with E-state index in [0.29, 0.717) is 25.7 Å². The molecule has 330 valence electrons. The van der Waals surface area contributed by atoms with Gasteiger partial charge in [0.1, 0.15) is 6.10 Å². The van der Waals surface area contributed by atoms with Gasteiger partial charge in [-0.2, -0.15) is 0 Å². The van der Waals surface area contributed by atoms with E-state index < -0.39 is 23.3 Å². The maximum absolute atomic E-state index is 14.1. The number of hydrogen-bond acceptors (Lipinski definition) is 5. The van der Waals surface area contributed by atoms with E-state index in [4.69, 9.17) is 14.9 Å². The predicted octanol–water partition coefficient (Wildman–Crippen LogP) is 14.8. The number of rotatable bonds is 45. The summed E-state index contributed by atoms with van der Waals surface area (Å²) >= 11 is 0. The molecule has 0 aliphatic heterocycles. The first-order chi connectivity index (χ1) is 27.2. The molecule has 0 aromatic carbocycles. The summed E-state index contributed by atoms with van der Waals surface area (Å²) in [6.07, 6.45) is 41.1. The van der Waals surface area contributed by atoms with Gasteiger partial charge in [-0.25, -0.2) is 0 Å². The van der Waals surface area contributed by atoms with Crippen molar-refractivity contribution in [3.05, 3.63) is 0 Å². The van der Waals surface area contributed by atoms with Crippen LogP contribution in [0.4, 0.5) is 0 Å². The monoisotopic (exact) mass is 795 g/mol. The van der Waals surface area contributed by atoms with E-state index >= 15 is 0 Å². The van der Waals surface area contributed by atoms with Crippen LogP contribution in [-0.2, 0) is 23.9 Å². The van der Waals surface area contributed by atoms with E-state index in [1.807, 2.05) is 0 Å². The molecule has 0 heterocycles. The number of carboxylic acid groups (broad SMARTS) is 3. The number of hydrogen-bond donors (Lipinski definition) is 3. The van der Waals surface area contributed by atoms with Crippen LogP contribution < -0.4 is 0 Å². The minimum absolute atomic E-state index is 0.0553. The number of ether oxygens (including phenoxy) is 1. The first-order valence-corrected chi connectivity index (χ1v) is 24.0. The maximum Gasteiger partial charge on any atom is 0.312 e. The molecule has 0 bridgehead atoms. The van der Waals surface area contributed by atoms with Crippen molar-refractivity contribution in [1.82, 2.24) is 0 Å². The lowest BCUT2D eigenvalue weighted by Gasteiger charge is -2.34. The van der Waals surface area contributed by atoms with Crippen LogP contribution in [0.2, 0.25) is 0 Å². The second-order valence-corrected chi connectivity index (χ2v) is 17.1. The van der Waals surface area contributed by atoms with Crippen molar-refractivity contribution in [3.63, 3.8) is 0 Å². The Hall–Kier alpha value is -2.12. The molecule has 0 radical (unpaired) electrons. The van der Waals surface area contributed by atoms with Crippen molar-refractivity contribution in [2.75, 3.05) is 0 Å². The fourth-order valence-corrected chi connectivity index (χ4v) is 8.23. The molecule has 8 heteroatoms. The molecule has 0 aromatic heterocycles. The zero-order chi connectivity index (χ0) is 41.4. The summed E-state index contributed by atoms with van der Waals surface area (Å²) in [6, 6.07) is 0. The fraction of sp³-hybridized carbons (Fsp3) is 0.917. The summed E-state index contributed by atoms with van der Waals surface area (Å²) in [6.45, 7) is 4.30. The van der Waals surface area contributed by atoms with Crippen LogP contribution in [0.1, 0.15) is 271 Å². The SMILES string of the molecule is CCCCCC(CC)OC(=O)C(CCCCCCCCCCCCCCCCCC(=O)O)(CCCCCCCCCCCCCCCC(=O)O)CCCC(=O)O. The number of aliphatic carboxylic acids is 3. The number of carbonyl (C=O) groups excluding carboxylic acids is 1. The Labute approximate surface area is 344 Å². The summed E-state index contributed by atoms with van der Waals surface area (Å²) in [5.74, 6) is -2.23. The Morgan fingerprint density at radius 3 is 0.982 bits per heavy atom. The van der Waals surface area contributed by atoms with E-state index in [1.165, 1.54) is 116 Å². The van der Waals surface area contributed by atoms with Gasteiger partial charge in [-0.3, -0.25) is 19.2 Å². The van der Waals surface area contributed by atoms with Gasteiger partial charge in [-0.1, -0.05) is 194 Å². The van der Waals surface area contributed by atoms with Gasteiger partial charge in [-0.05, 0) is 57.8 Å². The van der Waals surface area contributed by atoms with Crippen LogP contribution in [0.25, 0.3) is 0 Å². The number of carboxylic acids is 3. The van der Waals surface area contributed by atoms with Crippen LogP contribution in [0.5, 0.6) is 0 Å². The zero-order valence-electron chi connectivity index (χ0n) is 36.7. The lowest BCUT2D eigenvalue weighted by molar-refractivity contribution is -0.164. The van der Waals surface area contributed by atoms with E-state index in [2.05, 4.69) is 13.8 Å². The number of carbonyl (C=O) groups is 4. The molecule has 2 atom stereocenters. The van der Waals surface area contributed by atoms with Gasteiger partial charge in [-0.15, -0.1) is 0 Å². The molecule has 0 saturated carbocycles. The average molecular weight is 795 g/mol. The highest BCUT2D eigenvalue weighted by molar-refractivity contribution is 5.77. The standard InChI is InChI=1S/C48H90O8/c1-3-5-30-36-43(4-2)56-47(55)48(42-35-39-46(53)54,41-34-29-25-21-17-13-9-11-15-19-23-27-32-38-45(51)52)40-33-28-24-20-16-12-8-6-7-10-14-18-22-26-31-37-44(49)50/h43H,3-42H2,1-2H3,(H,49,50)(H,51,52)(H,53,54). The third kappa shape index (κ3) is 35.1. The second kappa shape index (κ2) is 39.7. The van der Waals surface area contributed by atoms with Crippen LogP contribution in [0.15, 0.2) is 0 Å². The molecule has 3 N–H and O–H groups in total. The van der Waals surface area contributed by atoms with Crippen LogP contribution in [-0.4, -0.2) is 45.3 Å². The highest BCUT2D eigenvalue weighted by atomic mass is 16.5. The number of unbranched alkanes of at least 4 members (excludes halogenated alkanes) is 28. The Morgan fingerprint density at radius 2 is 0.679 bits per heavy atom. The third-order valence-corrected chi connectivity index (χ3v) is 11.9. The molecule has 0 aliphatic rings. The maximum atomic E-state index is 14.1. The Bertz CT molecular complexity index is 936. The Morgan fingerprint density at radius 1 is 0.393 bits per heavy atom. The van der Waals surface area contributed by atoms with Gasteiger partial charge < -0.3 is 20.1 Å². The molecule has 2 unspecified atom stereocenters. The molecular weight excluding hydrogens is 705 g/mol. The van der Waals surface area contributed by atoms with Gasteiger partial charge in [0, 0.05) is 19.3 Å². The average Bonchev–Trinajstić information content (AvgIpc) is 3.16. The molecule has 0 spiro atoms. The molecule has 0 aliphatic carbocycles. The minimum Gasteiger partial charge on any atom is -0.481 e. The highest BCUT2D eigenvalue weighted by Gasteiger charge is 2.39. The van der Waals surface area contributed by atoms with Crippen molar-refractivity contribution >= 4 is 23.9 Å². The first kappa shape index (κ1) is 53.9. The summed E-state index contributed by atoms with van der Waals surface area (Å²) in [5.41, 5.74) is -0.584. The van der Waals surface area contributed by atoms with Gasteiger partial charge in [0.25, 0.3) is 0 Å². The first-order valence-electron chi connectivity index (χ1n) is 24.0. The van der Waals surface area contributed by atoms with Crippen LogP contribution >= 0.6 is 0 Å². The fourth-order valence-electron chi connectivity index (χ4n) is 8.23. The summed E-state index contributed by atoms with van der Waals surface area (Å²) in [7, 11) is 0. The quantitative estimate of drug-likeness (QED) is 0.0409. The third-order valence-electron chi connectivity index (χ3n) is 11.9. The highest BCUT2D eigenvalue weighted by Crippen LogP contribution is 2.39. The van der Waals surface area contributed by atoms with Crippen LogP contribution in [0.3, 0.4) is 0 Å².